The van der Waals surface area contributed by atoms with Crippen LogP contribution in [0.5, 0.6) is 5.75 Å². The molecule has 0 saturated heterocycles. The van der Waals surface area contributed by atoms with Crippen molar-refractivity contribution in [3.8, 4) is 5.75 Å². The van der Waals surface area contributed by atoms with Crippen molar-refractivity contribution in [2.75, 3.05) is 33.9 Å². The number of carbonyl (C=O) groups is 1. The molecule has 0 unspecified atom stereocenters. The number of hydrogen-bond donors (Lipinski definition) is 3. The number of hydrogen-bond acceptors (Lipinski definition) is 4. The quantitative estimate of drug-likeness (QED) is 0.351. The first-order chi connectivity index (χ1) is 11.7. The first-order valence-electron chi connectivity index (χ1n) is 8.16. The predicted molar refractivity (Wildman–Crippen MR) is 93.2 cm³/mol. The maximum absolute atomic E-state index is 11.6. The van der Waals surface area contributed by atoms with Gasteiger partial charge in [-0.25, -0.2) is 0 Å². The van der Waals surface area contributed by atoms with E-state index in [1.807, 2.05) is 24.3 Å². The summed E-state index contributed by atoms with van der Waals surface area (Å²) in [5, 5.41) is 9.27. The molecule has 132 valence electrons. The molecule has 0 bridgehead atoms. The lowest BCUT2D eigenvalue weighted by atomic mass is 10.2. The molecule has 1 saturated carbocycles. The van der Waals surface area contributed by atoms with E-state index in [4.69, 9.17) is 9.47 Å². The van der Waals surface area contributed by atoms with E-state index in [1.54, 1.807) is 14.2 Å². The zero-order valence-corrected chi connectivity index (χ0v) is 14.3. The second-order valence-electron chi connectivity index (χ2n) is 5.62. The Morgan fingerprint density at radius 3 is 2.88 bits per heavy atom. The average molecular weight is 334 g/mol. The minimum absolute atomic E-state index is 0.0492. The summed E-state index contributed by atoms with van der Waals surface area (Å²) in [6.07, 6.45) is 2.15. The van der Waals surface area contributed by atoms with E-state index in [0.29, 0.717) is 37.4 Å². The van der Waals surface area contributed by atoms with Gasteiger partial charge in [-0.2, -0.15) is 0 Å². The van der Waals surface area contributed by atoms with E-state index in [-0.39, 0.29) is 12.5 Å². The van der Waals surface area contributed by atoms with Crippen LogP contribution in [0.15, 0.2) is 29.3 Å². The second-order valence-corrected chi connectivity index (χ2v) is 5.62. The lowest BCUT2D eigenvalue weighted by Crippen LogP contribution is -2.38. The van der Waals surface area contributed by atoms with Gasteiger partial charge in [0.05, 0.1) is 6.61 Å². The molecule has 0 aliphatic heterocycles. The summed E-state index contributed by atoms with van der Waals surface area (Å²) in [6, 6.07) is 8.02. The number of carbonyl (C=O) groups excluding carboxylic acids is 1. The van der Waals surface area contributed by atoms with Crippen LogP contribution in [0, 0.1) is 0 Å². The van der Waals surface area contributed by atoms with Crippen molar-refractivity contribution < 1.29 is 14.3 Å². The number of nitrogens with zero attached hydrogens (tertiary/aromatic N) is 1. The zero-order chi connectivity index (χ0) is 17.2. The van der Waals surface area contributed by atoms with Gasteiger partial charge in [-0.1, -0.05) is 12.1 Å². The summed E-state index contributed by atoms with van der Waals surface area (Å²) in [6.45, 7) is 1.97. The molecule has 7 heteroatoms. The van der Waals surface area contributed by atoms with Crippen molar-refractivity contribution in [1.82, 2.24) is 16.0 Å². The topological polar surface area (TPSA) is 84.0 Å². The van der Waals surface area contributed by atoms with Crippen LogP contribution in [0.3, 0.4) is 0 Å². The Morgan fingerprint density at radius 1 is 1.33 bits per heavy atom. The van der Waals surface area contributed by atoms with E-state index in [9.17, 15) is 4.79 Å². The Labute approximate surface area is 142 Å². The minimum atomic E-state index is -0.0660. The maximum atomic E-state index is 11.6. The summed E-state index contributed by atoms with van der Waals surface area (Å²) in [7, 11) is 3.38. The van der Waals surface area contributed by atoms with Crippen molar-refractivity contribution in [3.05, 3.63) is 29.8 Å². The number of rotatable bonds is 9. The van der Waals surface area contributed by atoms with Gasteiger partial charge in [-0.3, -0.25) is 9.79 Å². The number of methoxy groups -OCH3 is 1. The van der Waals surface area contributed by atoms with Crippen LogP contribution >= 0.6 is 0 Å². The lowest BCUT2D eigenvalue weighted by Gasteiger charge is -2.12. The van der Waals surface area contributed by atoms with E-state index in [2.05, 4.69) is 20.9 Å². The number of nitrogens with one attached hydrogen (secondary N) is 3. The molecule has 1 aromatic carbocycles. The summed E-state index contributed by atoms with van der Waals surface area (Å²) < 4.78 is 10.5. The molecule has 0 heterocycles. The van der Waals surface area contributed by atoms with Gasteiger partial charge in [0.15, 0.2) is 12.6 Å². The van der Waals surface area contributed by atoms with Crippen molar-refractivity contribution in [2.45, 2.75) is 25.4 Å². The minimum Gasteiger partial charge on any atom is -0.484 e. The van der Waals surface area contributed by atoms with Gasteiger partial charge < -0.3 is 25.4 Å². The molecule has 0 spiro atoms. The lowest BCUT2D eigenvalue weighted by molar-refractivity contribution is -0.123. The molecule has 2 rings (SSSR count). The number of guanidine groups is 1. The molecular weight excluding hydrogens is 308 g/mol. The number of amides is 1. The van der Waals surface area contributed by atoms with Gasteiger partial charge in [0, 0.05) is 33.3 Å². The molecular formula is C17H26N4O3. The van der Waals surface area contributed by atoms with Crippen LogP contribution in [0.2, 0.25) is 0 Å². The number of aliphatic imine (C=N–C) groups is 1. The second kappa shape index (κ2) is 9.77. The van der Waals surface area contributed by atoms with Crippen LogP contribution < -0.4 is 20.7 Å². The monoisotopic (exact) mass is 334 g/mol. The standard InChI is InChI=1S/C17H26N4O3/c1-18-17(19-8-9-23-2)20-11-13-4-3-5-15(10-13)24-12-16(22)21-14-6-7-14/h3-5,10,14H,6-9,11-12H2,1-2H3,(H,21,22)(H2,18,19,20). The molecule has 3 N–H and O–H groups in total. The fourth-order valence-corrected chi connectivity index (χ4v) is 2.07. The Bertz CT molecular complexity index is 559. The first-order valence-corrected chi connectivity index (χ1v) is 8.16. The molecule has 1 aliphatic carbocycles. The molecule has 24 heavy (non-hydrogen) atoms. The molecule has 0 atom stereocenters. The molecule has 1 aromatic rings. The van der Waals surface area contributed by atoms with Gasteiger partial charge in [0.25, 0.3) is 5.91 Å². The van der Waals surface area contributed by atoms with Crippen molar-refractivity contribution in [1.29, 1.82) is 0 Å². The smallest absolute Gasteiger partial charge is 0.258 e. The van der Waals surface area contributed by atoms with Gasteiger partial charge >= 0.3 is 0 Å². The number of ether oxygens (including phenoxy) is 2. The Hall–Kier alpha value is -2.28. The van der Waals surface area contributed by atoms with Gasteiger partial charge in [0.1, 0.15) is 5.75 Å². The third-order valence-electron chi connectivity index (χ3n) is 3.49. The van der Waals surface area contributed by atoms with E-state index < -0.39 is 0 Å². The van der Waals surface area contributed by atoms with Gasteiger partial charge in [-0.05, 0) is 30.5 Å². The van der Waals surface area contributed by atoms with Crippen LogP contribution in [0.25, 0.3) is 0 Å². The summed E-state index contributed by atoms with van der Waals surface area (Å²) >= 11 is 0. The van der Waals surface area contributed by atoms with E-state index in [0.717, 1.165) is 18.4 Å². The molecule has 1 fully saturated rings. The van der Waals surface area contributed by atoms with Crippen LogP contribution in [-0.4, -0.2) is 51.8 Å². The molecule has 0 radical (unpaired) electrons. The summed E-state index contributed by atoms with van der Waals surface area (Å²) in [5.74, 6) is 1.33. The van der Waals surface area contributed by atoms with Crippen molar-refractivity contribution in [3.63, 3.8) is 0 Å². The Balaban J connectivity index is 1.75. The third kappa shape index (κ3) is 6.87. The summed E-state index contributed by atoms with van der Waals surface area (Å²) in [5.41, 5.74) is 1.05. The predicted octanol–water partition coefficient (Wildman–Crippen LogP) is 0.655. The highest BCUT2D eigenvalue weighted by Crippen LogP contribution is 2.18. The highest BCUT2D eigenvalue weighted by molar-refractivity contribution is 5.79. The SMILES string of the molecule is CN=C(NCCOC)NCc1cccc(OCC(=O)NC2CC2)c1. The van der Waals surface area contributed by atoms with Gasteiger partial charge in [-0.15, -0.1) is 0 Å². The van der Waals surface area contributed by atoms with Crippen LogP contribution in [-0.2, 0) is 16.1 Å². The van der Waals surface area contributed by atoms with Crippen molar-refractivity contribution in [2.24, 2.45) is 4.99 Å². The molecule has 0 aromatic heterocycles. The maximum Gasteiger partial charge on any atom is 0.258 e. The highest BCUT2D eigenvalue weighted by atomic mass is 16.5. The van der Waals surface area contributed by atoms with Crippen molar-refractivity contribution >= 4 is 11.9 Å². The fraction of sp³-hybridized carbons (Fsp3) is 0.529. The molecule has 1 aliphatic rings. The fourth-order valence-electron chi connectivity index (χ4n) is 2.07. The average Bonchev–Trinajstić information content (AvgIpc) is 3.40. The van der Waals surface area contributed by atoms with E-state index >= 15 is 0 Å². The molecule has 7 nitrogen and oxygen atoms in total. The Kier molecular flexibility index (Phi) is 7.35. The number of benzene rings is 1. The largest absolute Gasteiger partial charge is 0.484 e. The normalized spacial score (nSPS) is 14.2. The third-order valence-corrected chi connectivity index (χ3v) is 3.49. The van der Waals surface area contributed by atoms with Gasteiger partial charge in [0.2, 0.25) is 0 Å². The summed E-state index contributed by atoms with van der Waals surface area (Å²) in [4.78, 5) is 15.8. The first kappa shape index (κ1) is 18.1. The highest BCUT2D eigenvalue weighted by Gasteiger charge is 2.23. The van der Waals surface area contributed by atoms with Crippen LogP contribution in [0.4, 0.5) is 0 Å². The zero-order valence-electron chi connectivity index (χ0n) is 14.3. The van der Waals surface area contributed by atoms with E-state index in [1.165, 1.54) is 0 Å². The molecule has 1 amide bonds. The van der Waals surface area contributed by atoms with Crippen LogP contribution in [0.1, 0.15) is 18.4 Å². The Morgan fingerprint density at radius 2 is 2.17 bits per heavy atom.